The number of hydrogen-bond donors (Lipinski definition) is 1. The van der Waals surface area contributed by atoms with Gasteiger partial charge in [-0.15, -0.1) is 22.7 Å². The molecular formula is C7H4INOS2. The molecule has 0 saturated carbocycles. The Morgan fingerprint density at radius 2 is 2.17 bits per heavy atom. The second-order valence-corrected chi connectivity index (χ2v) is 6.53. The lowest BCUT2D eigenvalue weighted by atomic mass is 10.3. The van der Waals surface area contributed by atoms with E-state index in [1.807, 2.05) is 6.07 Å². The van der Waals surface area contributed by atoms with Gasteiger partial charge in [-0.3, -0.25) is 4.79 Å². The third-order valence-electron chi connectivity index (χ3n) is 1.43. The summed E-state index contributed by atoms with van der Waals surface area (Å²) >= 11 is 5.42. The predicted octanol–water partition coefficient (Wildman–Crippen LogP) is 2.67. The van der Waals surface area contributed by atoms with Crippen LogP contribution in [0.5, 0.6) is 0 Å². The molecule has 0 unspecified atom stereocenters. The number of halogens is 1. The average molecular weight is 309 g/mol. The molecule has 2 N–H and O–H groups in total. The largest absolute Gasteiger partial charge is 0.365 e. The Labute approximate surface area is 90.5 Å². The van der Waals surface area contributed by atoms with E-state index in [0.29, 0.717) is 4.88 Å². The molecule has 0 atom stereocenters. The van der Waals surface area contributed by atoms with Gasteiger partial charge < -0.3 is 5.73 Å². The first kappa shape index (κ1) is 8.46. The molecule has 0 aliphatic rings. The fraction of sp³-hybridized carbons (Fsp3) is 0. The second kappa shape index (κ2) is 2.97. The molecule has 0 aliphatic heterocycles. The molecule has 2 rings (SSSR count). The molecule has 1 amide bonds. The molecule has 2 aromatic rings. The van der Waals surface area contributed by atoms with Gasteiger partial charge >= 0.3 is 0 Å². The minimum Gasteiger partial charge on any atom is -0.365 e. The van der Waals surface area contributed by atoms with Crippen molar-refractivity contribution >= 4 is 60.6 Å². The number of thiophene rings is 2. The molecule has 0 bridgehead atoms. The highest BCUT2D eigenvalue weighted by Crippen LogP contribution is 2.33. The lowest BCUT2D eigenvalue weighted by molar-refractivity contribution is 0.100. The maximum atomic E-state index is 10.8. The van der Waals surface area contributed by atoms with Crippen LogP contribution in [0.25, 0.3) is 9.40 Å². The van der Waals surface area contributed by atoms with Gasteiger partial charge in [-0.05, 0) is 34.7 Å². The molecule has 2 aromatic heterocycles. The van der Waals surface area contributed by atoms with E-state index in [-0.39, 0.29) is 5.91 Å². The smallest absolute Gasteiger partial charge is 0.258 e. The Hall–Kier alpha value is -0.140. The van der Waals surface area contributed by atoms with E-state index in [9.17, 15) is 4.79 Å². The van der Waals surface area contributed by atoms with Crippen molar-refractivity contribution in [2.24, 2.45) is 5.73 Å². The average Bonchev–Trinajstić information content (AvgIpc) is 2.42. The van der Waals surface area contributed by atoms with Gasteiger partial charge in [-0.25, -0.2) is 0 Å². The molecule has 0 aliphatic carbocycles. The van der Waals surface area contributed by atoms with Crippen LogP contribution in [-0.2, 0) is 0 Å². The van der Waals surface area contributed by atoms with Crippen molar-refractivity contribution in [3.8, 4) is 0 Å². The van der Waals surface area contributed by atoms with Crippen LogP contribution in [0, 0.1) is 2.88 Å². The number of carbonyl (C=O) groups excluding carboxylic acids is 1. The van der Waals surface area contributed by atoms with Crippen LogP contribution >= 0.6 is 45.3 Å². The Morgan fingerprint density at radius 1 is 1.42 bits per heavy atom. The number of nitrogens with two attached hydrogens (primary N) is 1. The minimum atomic E-state index is -0.335. The van der Waals surface area contributed by atoms with Crippen LogP contribution in [-0.4, -0.2) is 5.91 Å². The van der Waals surface area contributed by atoms with Gasteiger partial charge in [0.1, 0.15) is 0 Å². The highest BCUT2D eigenvalue weighted by molar-refractivity contribution is 14.1. The Balaban J connectivity index is 2.64. The van der Waals surface area contributed by atoms with Gasteiger partial charge in [-0.2, -0.15) is 0 Å². The number of fused-ring (bicyclic) bond motifs is 1. The SMILES string of the molecule is NC(=O)c1cc2cc(I)sc2s1. The first-order chi connectivity index (χ1) is 5.66. The van der Waals surface area contributed by atoms with Crippen molar-refractivity contribution in [3.05, 3.63) is 19.9 Å². The fourth-order valence-corrected chi connectivity index (χ4v) is 4.40. The number of primary amides is 1. The molecule has 2 heterocycles. The summed E-state index contributed by atoms with van der Waals surface area (Å²) in [5, 5.41) is 1.13. The maximum absolute atomic E-state index is 10.8. The van der Waals surface area contributed by atoms with E-state index in [0.717, 1.165) is 5.39 Å². The lowest BCUT2D eigenvalue weighted by Gasteiger charge is -1.82. The van der Waals surface area contributed by atoms with Crippen molar-refractivity contribution in [2.75, 3.05) is 0 Å². The Kier molecular flexibility index (Phi) is 2.09. The molecule has 12 heavy (non-hydrogen) atoms. The van der Waals surface area contributed by atoms with E-state index in [1.54, 1.807) is 11.3 Å². The minimum absolute atomic E-state index is 0.335. The van der Waals surface area contributed by atoms with Crippen molar-refractivity contribution in [2.45, 2.75) is 0 Å². The van der Waals surface area contributed by atoms with Crippen LogP contribution < -0.4 is 5.73 Å². The number of hydrogen-bond acceptors (Lipinski definition) is 3. The Bertz CT molecular complexity index is 414. The first-order valence-electron chi connectivity index (χ1n) is 3.15. The van der Waals surface area contributed by atoms with Crippen molar-refractivity contribution in [1.29, 1.82) is 0 Å². The van der Waals surface area contributed by atoms with Crippen molar-refractivity contribution < 1.29 is 4.79 Å². The standard InChI is InChI=1S/C7H4INOS2/c8-5-2-3-1-4(6(9)10)11-7(3)12-5/h1-2H,(H2,9,10). The van der Waals surface area contributed by atoms with E-state index < -0.39 is 0 Å². The zero-order valence-corrected chi connectivity index (χ0v) is 9.63. The van der Waals surface area contributed by atoms with Crippen LogP contribution in [0.1, 0.15) is 9.67 Å². The third-order valence-corrected chi connectivity index (χ3v) is 4.59. The van der Waals surface area contributed by atoms with Crippen LogP contribution in [0.4, 0.5) is 0 Å². The monoisotopic (exact) mass is 309 g/mol. The van der Waals surface area contributed by atoms with Gasteiger partial charge in [0.15, 0.2) is 0 Å². The molecule has 0 spiro atoms. The van der Waals surface area contributed by atoms with E-state index in [1.165, 1.54) is 18.2 Å². The van der Waals surface area contributed by atoms with Gasteiger partial charge in [0.05, 0.1) is 11.8 Å². The fourth-order valence-electron chi connectivity index (χ4n) is 0.930. The summed E-state index contributed by atoms with van der Waals surface area (Å²) in [5.74, 6) is -0.335. The Morgan fingerprint density at radius 3 is 2.75 bits per heavy atom. The molecule has 62 valence electrons. The zero-order valence-electron chi connectivity index (χ0n) is 5.83. The molecule has 0 radical (unpaired) electrons. The van der Waals surface area contributed by atoms with Crippen LogP contribution in [0.3, 0.4) is 0 Å². The topological polar surface area (TPSA) is 43.1 Å². The van der Waals surface area contributed by atoms with E-state index >= 15 is 0 Å². The summed E-state index contributed by atoms with van der Waals surface area (Å²) in [6.07, 6.45) is 0. The van der Waals surface area contributed by atoms with Crippen molar-refractivity contribution in [3.63, 3.8) is 0 Å². The highest BCUT2D eigenvalue weighted by Gasteiger charge is 2.08. The maximum Gasteiger partial charge on any atom is 0.258 e. The summed E-state index contributed by atoms with van der Waals surface area (Å²) in [5.41, 5.74) is 5.15. The van der Waals surface area contributed by atoms with Gasteiger partial charge in [0, 0.05) is 5.39 Å². The molecule has 2 nitrogen and oxygen atoms in total. The van der Waals surface area contributed by atoms with E-state index in [4.69, 9.17) is 5.73 Å². The van der Waals surface area contributed by atoms with Crippen LogP contribution in [0.15, 0.2) is 12.1 Å². The normalized spacial score (nSPS) is 10.8. The lowest BCUT2D eigenvalue weighted by Crippen LogP contribution is -2.07. The van der Waals surface area contributed by atoms with Gasteiger partial charge in [-0.1, -0.05) is 0 Å². The van der Waals surface area contributed by atoms with Gasteiger partial charge in [0.25, 0.3) is 5.91 Å². The highest BCUT2D eigenvalue weighted by atomic mass is 127. The molecular weight excluding hydrogens is 305 g/mol. The summed E-state index contributed by atoms with van der Waals surface area (Å²) in [7, 11) is 0. The summed E-state index contributed by atoms with van der Waals surface area (Å²) in [6.45, 7) is 0. The predicted molar refractivity (Wildman–Crippen MR) is 60.9 cm³/mol. The van der Waals surface area contributed by atoms with Crippen LogP contribution in [0.2, 0.25) is 0 Å². The molecule has 0 fully saturated rings. The summed E-state index contributed by atoms with van der Waals surface area (Å²) in [4.78, 5) is 11.4. The number of rotatable bonds is 1. The summed E-state index contributed by atoms with van der Waals surface area (Å²) in [6, 6.07) is 3.91. The zero-order chi connectivity index (χ0) is 8.72. The molecule has 0 saturated heterocycles. The number of carbonyl (C=O) groups is 1. The second-order valence-electron chi connectivity index (χ2n) is 2.27. The third kappa shape index (κ3) is 1.36. The first-order valence-corrected chi connectivity index (χ1v) is 5.86. The quantitative estimate of drug-likeness (QED) is 0.809. The molecule has 0 aromatic carbocycles. The van der Waals surface area contributed by atoms with E-state index in [2.05, 4.69) is 28.7 Å². The summed E-state index contributed by atoms with van der Waals surface area (Å²) < 4.78 is 2.41. The molecule has 5 heteroatoms. The van der Waals surface area contributed by atoms with Gasteiger partial charge in [0.2, 0.25) is 0 Å². The van der Waals surface area contributed by atoms with Crippen molar-refractivity contribution in [1.82, 2.24) is 0 Å². The number of amides is 1.